The van der Waals surface area contributed by atoms with Crippen molar-refractivity contribution < 1.29 is 18.7 Å². The Labute approximate surface area is 187 Å². The van der Waals surface area contributed by atoms with Crippen molar-refractivity contribution in [2.45, 2.75) is 20.0 Å². The van der Waals surface area contributed by atoms with Crippen LogP contribution in [0.2, 0.25) is 0 Å². The van der Waals surface area contributed by atoms with Crippen molar-refractivity contribution in [3.8, 4) is 17.4 Å². The van der Waals surface area contributed by atoms with E-state index in [1.54, 1.807) is 18.5 Å². The van der Waals surface area contributed by atoms with E-state index in [-0.39, 0.29) is 6.03 Å². The molecule has 1 fully saturated rings. The Bertz CT molecular complexity index is 983. The van der Waals surface area contributed by atoms with Gasteiger partial charge in [-0.25, -0.2) is 9.78 Å². The highest BCUT2D eigenvalue weighted by Gasteiger charge is 2.21. The molecule has 0 radical (unpaired) electrons. The van der Waals surface area contributed by atoms with Gasteiger partial charge in [-0.15, -0.1) is 0 Å². The number of nitrogens with zero attached hydrogens (tertiary/aromatic N) is 3. The summed E-state index contributed by atoms with van der Waals surface area (Å²) in [6.45, 7) is 6.71. The molecule has 1 N–H and O–H groups in total. The molecule has 0 bridgehead atoms. The van der Waals surface area contributed by atoms with E-state index < -0.39 is 0 Å². The van der Waals surface area contributed by atoms with Crippen LogP contribution in [0.5, 0.6) is 17.4 Å². The van der Waals surface area contributed by atoms with Gasteiger partial charge in [0.1, 0.15) is 5.76 Å². The normalized spacial score (nSPS) is 14.2. The highest BCUT2D eigenvalue weighted by Crippen LogP contribution is 2.30. The number of hydrogen-bond acceptors (Lipinski definition) is 6. The predicted octanol–water partition coefficient (Wildman–Crippen LogP) is 3.89. The zero-order chi connectivity index (χ0) is 22.2. The lowest BCUT2D eigenvalue weighted by Crippen LogP contribution is -2.51. The smallest absolute Gasteiger partial charge is 0.317 e. The van der Waals surface area contributed by atoms with Crippen molar-refractivity contribution >= 4 is 6.03 Å². The number of carbonyl (C=O) groups excluding carboxylic acids is 1. The molecule has 3 aromatic rings. The van der Waals surface area contributed by atoms with Gasteiger partial charge in [-0.05, 0) is 36.8 Å². The van der Waals surface area contributed by atoms with Gasteiger partial charge >= 0.3 is 6.03 Å². The number of furan rings is 1. The van der Waals surface area contributed by atoms with Crippen LogP contribution in [-0.2, 0) is 13.1 Å². The van der Waals surface area contributed by atoms with Gasteiger partial charge in [-0.1, -0.05) is 18.2 Å². The zero-order valence-corrected chi connectivity index (χ0v) is 18.2. The van der Waals surface area contributed by atoms with Crippen molar-refractivity contribution in [3.05, 3.63) is 72.3 Å². The van der Waals surface area contributed by atoms with Crippen LogP contribution in [0.4, 0.5) is 4.79 Å². The number of piperazine rings is 1. The Kier molecular flexibility index (Phi) is 7.24. The molecule has 32 heavy (non-hydrogen) atoms. The fourth-order valence-corrected chi connectivity index (χ4v) is 3.52. The molecule has 2 amide bonds. The molecule has 2 aromatic heterocycles. The molecule has 0 saturated carbocycles. The number of carbonyl (C=O) groups is 1. The Morgan fingerprint density at radius 3 is 2.56 bits per heavy atom. The minimum atomic E-state index is -0.0615. The summed E-state index contributed by atoms with van der Waals surface area (Å²) in [7, 11) is 0. The summed E-state index contributed by atoms with van der Waals surface area (Å²) in [5.74, 6) is 2.72. The van der Waals surface area contributed by atoms with Crippen molar-refractivity contribution in [2.75, 3.05) is 32.8 Å². The van der Waals surface area contributed by atoms with E-state index in [2.05, 4.69) is 15.2 Å². The summed E-state index contributed by atoms with van der Waals surface area (Å²) in [5.41, 5.74) is 0.903. The number of hydrogen-bond donors (Lipinski definition) is 1. The molecule has 3 heterocycles. The van der Waals surface area contributed by atoms with E-state index in [1.807, 2.05) is 54.3 Å². The summed E-state index contributed by atoms with van der Waals surface area (Å²) >= 11 is 0. The third kappa shape index (κ3) is 5.79. The lowest BCUT2D eigenvalue weighted by Gasteiger charge is -2.34. The summed E-state index contributed by atoms with van der Waals surface area (Å²) < 4.78 is 16.8. The molecule has 1 saturated heterocycles. The molecular formula is C24H28N4O4. The second-order valence-electron chi connectivity index (χ2n) is 7.49. The Morgan fingerprint density at radius 1 is 1.06 bits per heavy atom. The molecule has 1 aliphatic rings. The molecule has 1 aromatic carbocycles. The van der Waals surface area contributed by atoms with Gasteiger partial charge in [0, 0.05) is 45.0 Å². The van der Waals surface area contributed by atoms with E-state index in [1.165, 1.54) is 0 Å². The standard InChI is InChI=1S/C24H28N4O4/c1-2-30-21-7-3-4-8-22(21)32-23-10-9-19(16-25-23)17-26-24(29)28-13-11-27(12-14-28)18-20-6-5-15-31-20/h3-10,15-16H,2,11-14,17-18H2,1H3,(H,26,29). The first-order valence-electron chi connectivity index (χ1n) is 10.8. The molecule has 0 spiro atoms. The number of ether oxygens (including phenoxy) is 2. The first-order valence-corrected chi connectivity index (χ1v) is 10.8. The number of pyridine rings is 1. The number of urea groups is 1. The molecule has 0 aliphatic carbocycles. The average molecular weight is 437 g/mol. The Hall–Kier alpha value is -3.52. The lowest BCUT2D eigenvalue weighted by molar-refractivity contribution is 0.130. The van der Waals surface area contributed by atoms with Crippen LogP contribution in [0, 0.1) is 0 Å². The molecule has 4 rings (SSSR count). The maximum Gasteiger partial charge on any atom is 0.317 e. The monoisotopic (exact) mass is 436 g/mol. The summed E-state index contributed by atoms with van der Waals surface area (Å²) in [6, 6.07) is 15.0. The van der Waals surface area contributed by atoms with Gasteiger partial charge in [0.2, 0.25) is 5.88 Å². The van der Waals surface area contributed by atoms with Crippen LogP contribution in [0.25, 0.3) is 0 Å². The van der Waals surface area contributed by atoms with E-state index in [9.17, 15) is 4.79 Å². The number of aromatic nitrogens is 1. The summed E-state index contributed by atoms with van der Waals surface area (Å²) in [4.78, 5) is 21.0. The average Bonchev–Trinajstić information content (AvgIpc) is 3.33. The zero-order valence-electron chi connectivity index (χ0n) is 18.2. The van der Waals surface area contributed by atoms with Crippen LogP contribution in [0.15, 0.2) is 65.4 Å². The maximum absolute atomic E-state index is 12.5. The topological polar surface area (TPSA) is 80.1 Å². The number of amides is 2. The van der Waals surface area contributed by atoms with E-state index in [0.717, 1.165) is 31.0 Å². The molecule has 8 heteroatoms. The summed E-state index contributed by atoms with van der Waals surface area (Å²) in [6.07, 6.45) is 3.40. The minimum Gasteiger partial charge on any atom is -0.490 e. The second-order valence-corrected chi connectivity index (χ2v) is 7.49. The van der Waals surface area contributed by atoms with E-state index in [0.29, 0.717) is 43.6 Å². The SMILES string of the molecule is CCOc1ccccc1Oc1ccc(CNC(=O)N2CCN(Cc3ccco3)CC2)cn1. The fourth-order valence-electron chi connectivity index (χ4n) is 3.52. The summed E-state index contributed by atoms with van der Waals surface area (Å²) in [5, 5.41) is 2.97. The second kappa shape index (κ2) is 10.7. The predicted molar refractivity (Wildman–Crippen MR) is 120 cm³/mol. The van der Waals surface area contributed by atoms with Crippen LogP contribution < -0.4 is 14.8 Å². The number of benzene rings is 1. The van der Waals surface area contributed by atoms with Crippen LogP contribution in [0.1, 0.15) is 18.2 Å². The number of para-hydroxylation sites is 2. The molecule has 8 nitrogen and oxygen atoms in total. The molecule has 0 atom stereocenters. The highest BCUT2D eigenvalue weighted by atomic mass is 16.5. The van der Waals surface area contributed by atoms with Gasteiger partial charge in [-0.2, -0.15) is 0 Å². The van der Waals surface area contributed by atoms with Crippen molar-refractivity contribution in [1.82, 2.24) is 20.1 Å². The van der Waals surface area contributed by atoms with Crippen LogP contribution in [-0.4, -0.2) is 53.6 Å². The molecule has 168 valence electrons. The van der Waals surface area contributed by atoms with E-state index >= 15 is 0 Å². The first kappa shape index (κ1) is 21.7. The van der Waals surface area contributed by atoms with E-state index in [4.69, 9.17) is 13.9 Å². The van der Waals surface area contributed by atoms with Crippen molar-refractivity contribution in [1.29, 1.82) is 0 Å². The van der Waals surface area contributed by atoms with Crippen molar-refractivity contribution in [3.63, 3.8) is 0 Å². The number of nitrogens with one attached hydrogen (secondary N) is 1. The fraction of sp³-hybridized carbons (Fsp3) is 0.333. The molecule has 0 unspecified atom stereocenters. The third-order valence-electron chi connectivity index (χ3n) is 5.22. The molecular weight excluding hydrogens is 408 g/mol. The first-order chi connectivity index (χ1) is 15.7. The third-order valence-corrected chi connectivity index (χ3v) is 5.22. The van der Waals surface area contributed by atoms with Gasteiger partial charge in [-0.3, -0.25) is 4.90 Å². The Balaban J connectivity index is 1.23. The van der Waals surface area contributed by atoms with Crippen molar-refractivity contribution in [2.24, 2.45) is 0 Å². The van der Waals surface area contributed by atoms with Gasteiger partial charge in [0.05, 0.1) is 19.4 Å². The van der Waals surface area contributed by atoms with Crippen LogP contribution >= 0.6 is 0 Å². The van der Waals surface area contributed by atoms with Gasteiger partial charge < -0.3 is 24.1 Å². The number of rotatable bonds is 8. The lowest BCUT2D eigenvalue weighted by atomic mass is 10.3. The highest BCUT2D eigenvalue weighted by molar-refractivity contribution is 5.74. The largest absolute Gasteiger partial charge is 0.490 e. The van der Waals surface area contributed by atoms with Gasteiger partial charge in [0.25, 0.3) is 0 Å². The Morgan fingerprint density at radius 2 is 1.88 bits per heavy atom. The van der Waals surface area contributed by atoms with Gasteiger partial charge in [0.15, 0.2) is 11.5 Å². The molecule has 1 aliphatic heterocycles. The maximum atomic E-state index is 12.5. The minimum absolute atomic E-state index is 0.0615. The quantitative estimate of drug-likeness (QED) is 0.577. The van der Waals surface area contributed by atoms with Crippen LogP contribution in [0.3, 0.4) is 0 Å².